The van der Waals surface area contributed by atoms with Gasteiger partial charge in [0.05, 0.1) is 0 Å². The van der Waals surface area contributed by atoms with Crippen LogP contribution in [0.15, 0.2) is 29.1 Å². The van der Waals surface area contributed by atoms with Gasteiger partial charge in [-0.05, 0) is 37.1 Å². The van der Waals surface area contributed by atoms with Crippen LogP contribution >= 0.6 is 0 Å². The number of rotatable bonds is 10. The zero-order valence-corrected chi connectivity index (χ0v) is 17.6. The van der Waals surface area contributed by atoms with Crippen LogP contribution in [-0.2, 0) is 9.59 Å². The Bertz CT molecular complexity index is 1090. The van der Waals surface area contributed by atoms with Crippen molar-refractivity contribution in [1.29, 1.82) is 0 Å². The number of H-pyrrole nitrogens is 1. The number of aliphatic carboxylic acids is 2. The summed E-state index contributed by atoms with van der Waals surface area (Å²) in [6.45, 7) is 1.15. The quantitative estimate of drug-likeness (QED) is 0.239. The van der Waals surface area contributed by atoms with Crippen molar-refractivity contribution in [2.75, 3.05) is 34.8 Å². The number of nitrogens with one attached hydrogen (secondary N) is 5. The Hall–Kier alpha value is -4.29. The Balaban J connectivity index is 1.48. The van der Waals surface area contributed by atoms with E-state index in [4.69, 9.17) is 15.9 Å². The number of hydrogen-bond donors (Lipinski definition) is 8. The first-order valence-corrected chi connectivity index (χ1v) is 10.2. The number of nitrogen functional groups attached to an aromatic ring is 1. The summed E-state index contributed by atoms with van der Waals surface area (Å²) in [5.41, 5.74) is 6.54. The van der Waals surface area contributed by atoms with Gasteiger partial charge in [0, 0.05) is 36.8 Å². The molecule has 0 radical (unpaired) electrons. The molecule has 1 aromatic carbocycles. The Morgan fingerprint density at radius 1 is 1.21 bits per heavy atom. The molecule has 13 nitrogen and oxygen atoms in total. The SMILES string of the molecule is Nc1nc2c(c(=O)[nH]1)N[C@@H](CCNc1ccc(C(=O)N[C@@H](CCC(=O)O)C(=O)O)cc1)CN2. The number of hydrogen-bond acceptors (Lipinski definition) is 9. The van der Waals surface area contributed by atoms with E-state index in [-0.39, 0.29) is 36.0 Å². The molecule has 0 unspecified atom stereocenters. The van der Waals surface area contributed by atoms with E-state index in [2.05, 4.69) is 31.2 Å². The third-order valence-corrected chi connectivity index (χ3v) is 5.02. The molecule has 13 heteroatoms. The van der Waals surface area contributed by atoms with Crippen molar-refractivity contribution in [3.05, 3.63) is 40.2 Å². The third kappa shape index (κ3) is 6.35. The van der Waals surface area contributed by atoms with Gasteiger partial charge in [0.25, 0.3) is 11.5 Å². The molecule has 33 heavy (non-hydrogen) atoms. The fourth-order valence-electron chi connectivity index (χ4n) is 3.30. The predicted molar refractivity (Wildman–Crippen MR) is 120 cm³/mol. The molecule has 1 aliphatic heterocycles. The second-order valence-corrected chi connectivity index (χ2v) is 7.49. The highest BCUT2D eigenvalue weighted by Crippen LogP contribution is 2.21. The van der Waals surface area contributed by atoms with E-state index in [1.165, 1.54) is 0 Å². The number of nitrogens with zero attached hydrogens (tertiary/aromatic N) is 1. The Morgan fingerprint density at radius 3 is 2.61 bits per heavy atom. The zero-order chi connectivity index (χ0) is 24.0. The molecule has 3 rings (SSSR count). The number of amides is 1. The van der Waals surface area contributed by atoms with Gasteiger partial charge in [-0.1, -0.05) is 0 Å². The lowest BCUT2D eigenvalue weighted by Gasteiger charge is -2.27. The molecule has 0 aliphatic carbocycles. The molecule has 176 valence electrons. The standard InChI is InChI=1S/C20H25N7O6/c21-20-26-16-15(18(31)27-20)24-12(9-23-16)7-8-22-11-3-1-10(2-4-11)17(30)25-13(19(32)33)5-6-14(28)29/h1-4,12-13,22,24H,5-9H2,(H,25,30)(H,28,29)(H,32,33)(H4,21,23,26,27,31)/t12-,13-/m0/s1. The maximum absolute atomic E-state index is 12.3. The van der Waals surface area contributed by atoms with Crippen LogP contribution in [0.5, 0.6) is 0 Å². The molecule has 1 aliphatic rings. The summed E-state index contributed by atoms with van der Waals surface area (Å²) in [6.07, 6.45) is 0.109. The number of benzene rings is 1. The number of carbonyl (C=O) groups excluding carboxylic acids is 1. The van der Waals surface area contributed by atoms with Gasteiger partial charge in [-0.25, -0.2) is 4.79 Å². The lowest BCUT2D eigenvalue weighted by Crippen LogP contribution is -2.41. The zero-order valence-electron chi connectivity index (χ0n) is 17.6. The number of carboxylic acid groups (broad SMARTS) is 2. The van der Waals surface area contributed by atoms with E-state index in [0.717, 1.165) is 5.69 Å². The van der Waals surface area contributed by atoms with Crippen LogP contribution < -0.4 is 32.6 Å². The van der Waals surface area contributed by atoms with E-state index in [1.807, 2.05) is 0 Å². The van der Waals surface area contributed by atoms with E-state index in [9.17, 15) is 19.2 Å². The molecule has 0 fully saturated rings. The largest absolute Gasteiger partial charge is 0.481 e. The molecule has 9 N–H and O–H groups in total. The number of fused-ring (bicyclic) bond motifs is 1. The number of carboxylic acids is 2. The fraction of sp³-hybridized carbons (Fsp3) is 0.350. The summed E-state index contributed by atoms with van der Waals surface area (Å²) in [7, 11) is 0. The number of nitrogens with two attached hydrogens (primary N) is 1. The minimum atomic E-state index is -1.29. The molecular formula is C20H25N7O6. The number of aromatic nitrogens is 2. The summed E-state index contributed by atoms with van der Waals surface area (Å²) < 4.78 is 0. The van der Waals surface area contributed by atoms with Gasteiger partial charge < -0.3 is 37.2 Å². The summed E-state index contributed by atoms with van der Waals surface area (Å²) in [6, 6.07) is 5.15. The van der Waals surface area contributed by atoms with Crippen LogP contribution in [0, 0.1) is 0 Å². The van der Waals surface area contributed by atoms with Crippen molar-refractivity contribution in [2.24, 2.45) is 0 Å². The maximum Gasteiger partial charge on any atom is 0.326 e. The highest BCUT2D eigenvalue weighted by molar-refractivity contribution is 5.96. The van der Waals surface area contributed by atoms with Gasteiger partial charge in [0.15, 0.2) is 5.82 Å². The fourth-order valence-corrected chi connectivity index (χ4v) is 3.30. The number of anilines is 4. The van der Waals surface area contributed by atoms with E-state index < -0.39 is 23.9 Å². The van der Waals surface area contributed by atoms with Crippen LogP contribution in [0.4, 0.5) is 23.1 Å². The van der Waals surface area contributed by atoms with Gasteiger partial charge in [-0.2, -0.15) is 4.98 Å². The smallest absolute Gasteiger partial charge is 0.326 e. The molecule has 0 saturated carbocycles. The molecule has 0 saturated heterocycles. The lowest BCUT2D eigenvalue weighted by molar-refractivity contribution is -0.140. The Morgan fingerprint density at radius 2 is 1.94 bits per heavy atom. The van der Waals surface area contributed by atoms with E-state index in [0.29, 0.717) is 31.0 Å². The first-order chi connectivity index (χ1) is 15.7. The molecule has 2 heterocycles. The third-order valence-electron chi connectivity index (χ3n) is 5.02. The Labute approximate surface area is 187 Å². The van der Waals surface area contributed by atoms with Crippen molar-refractivity contribution in [3.8, 4) is 0 Å². The average molecular weight is 459 g/mol. The van der Waals surface area contributed by atoms with Crippen molar-refractivity contribution in [2.45, 2.75) is 31.3 Å². The lowest BCUT2D eigenvalue weighted by atomic mass is 10.1. The van der Waals surface area contributed by atoms with Gasteiger partial charge in [0.1, 0.15) is 11.7 Å². The highest BCUT2D eigenvalue weighted by Gasteiger charge is 2.22. The van der Waals surface area contributed by atoms with Crippen LogP contribution in [-0.4, -0.2) is 63.2 Å². The second kappa shape index (κ2) is 10.3. The maximum atomic E-state index is 12.3. The number of carbonyl (C=O) groups is 3. The van der Waals surface area contributed by atoms with Gasteiger partial charge >= 0.3 is 11.9 Å². The van der Waals surface area contributed by atoms with Crippen LogP contribution in [0.3, 0.4) is 0 Å². The van der Waals surface area contributed by atoms with Crippen LogP contribution in [0.2, 0.25) is 0 Å². The van der Waals surface area contributed by atoms with Crippen LogP contribution in [0.25, 0.3) is 0 Å². The summed E-state index contributed by atoms with van der Waals surface area (Å²) in [5.74, 6) is -2.57. The van der Waals surface area contributed by atoms with Crippen molar-refractivity contribution in [1.82, 2.24) is 15.3 Å². The summed E-state index contributed by atoms with van der Waals surface area (Å²) in [4.78, 5) is 52.7. The molecule has 1 aromatic heterocycles. The van der Waals surface area contributed by atoms with E-state index >= 15 is 0 Å². The van der Waals surface area contributed by atoms with Gasteiger partial charge in [0.2, 0.25) is 5.95 Å². The minimum absolute atomic E-state index is 0.0136. The first-order valence-electron chi connectivity index (χ1n) is 10.2. The monoisotopic (exact) mass is 459 g/mol. The molecular weight excluding hydrogens is 434 g/mol. The average Bonchev–Trinajstić information content (AvgIpc) is 2.77. The molecule has 0 spiro atoms. The molecule has 2 aromatic rings. The summed E-state index contributed by atoms with van der Waals surface area (Å²) >= 11 is 0. The Kier molecular flexibility index (Phi) is 7.33. The second-order valence-electron chi connectivity index (χ2n) is 7.49. The molecule has 0 bridgehead atoms. The first kappa shape index (κ1) is 23.4. The van der Waals surface area contributed by atoms with E-state index in [1.54, 1.807) is 24.3 Å². The van der Waals surface area contributed by atoms with Crippen LogP contribution in [0.1, 0.15) is 29.6 Å². The minimum Gasteiger partial charge on any atom is -0.481 e. The number of aromatic amines is 1. The van der Waals surface area contributed by atoms with Gasteiger partial charge in [-0.3, -0.25) is 19.4 Å². The molecule has 2 atom stereocenters. The predicted octanol–water partition coefficient (Wildman–Crippen LogP) is 0.108. The normalized spacial score (nSPS) is 15.3. The highest BCUT2D eigenvalue weighted by atomic mass is 16.4. The van der Waals surface area contributed by atoms with Crippen molar-refractivity contribution >= 4 is 41.0 Å². The van der Waals surface area contributed by atoms with Crippen molar-refractivity contribution in [3.63, 3.8) is 0 Å². The topological polar surface area (TPSA) is 212 Å². The van der Waals surface area contributed by atoms with Crippen molar-refractivity contribution < 1.29 is 24.6 Å². The molecule has 1 amide bonds. The van der Waals surface area contributed by atoms with Gasteiger partial charge in [-0.15, -0.1) is 0 Å². The summed E-state index contributed by atoms with van der Waals surface area (Å²) in [5, 5.41) is 29.6.